The Kier molecular flexibility index (Phi) is 3.60. The molecule has 1 unspecified atom stereocenters. The Morgan fingerprint density at radius 2 is 1.96 bits per heavy atom. The highest BCUT2D eigenvalue weighted by molar-refractivity contribution is 6.00. The van der Waals surface area contributed by atoms with Crippen LogP contribution in [0.15, 0.2) is 41.6 Å². The molecule has 1 atom stereocenters. The van der Waals surface area contributed by atoms with Crippen molar-refractivity contribution >= 4 is 11.6 Å². The van der Waals surface area contributed by atoms with Crippen LogP contribution < -0.4 is 5.32 Å². The number of aryl methyl sites for hydroxylation is 1. The van der Waals surface area contributed by atoms with E-state index in [2.05, 4.69) is 38.2 Å². The van der Waals surface area contributed by atoms with Gasteiger partial charge in [-0.05, 0) is 37.3 Å². The van der Waals surface area contributed by atoms with Gasteiger partial charge in [0.05, 0.1) is 11.4 Å². The van der Waals surface area contributed by atoms with Crippen LogP contribution in [0.5, 0.6) is 0 Å². The molecular formula is C21H25N3O. The van der Waals surface area contributed by atoms with Gasteiger partial charge >= 0.3 is 0 Å². The van der Waals surface area contributed by atoms with E-state index in [0.717, 1.165) is 41.3 Å². The molecule has 1 N–H and O–H groups in total. The highest BCUT2D eigenvalue weighted by atomic mass is 16.1. The Morgan fingerprint density at radius 1 is 1.24 bits per heavy atom. The fourth-order valence-electron chi connectivity index (χ4n) is 4.38. The molecule has 0 saturated heterocycles. The number of rotatable bonds is 2. The maximum absolute atomic E-state index is 12.9. The number of hydrogen-bond donors (Lipinski definition) is 1. The van der Waals surface area contributed by atoms with Crippen molar-refractivity contribution in [3.8, 4) is 5.69 Å². The summed E-state index contributed by atoms with van der Waals surface area (Å²) in [6, 6.07) is 10.2. The molecule has 1 aromatic carbocycles. The van der Waals surface area contributed by atoms with Crippen molar-refractivity contribution in [1.82, 2.24) is 9.78 Å². The summed E-state index contributed by atoms with van der Waals surface area (Å²) in [5, 5.41) is 8.39. The van der Waals surface area contributed by atoms with Gasteiger partial charge in [-0.3, -0.25) is 4.79 Å². The highest BCUT2D eigenvalue weighted by Gasteiger charge is 2.41. The number of carbonyl (C=O) groups excluding carboxylic acids is 1. The van der Waals surface area contributed by atoms with E-state index in [0.29, 0.717) is 12.2 Å². The molecule has 2 aliphatic rings. The number of fused-ring (bicyclic) bond motifs is 1. The van der Waals surface area contributed by atoms with Gasteiger partial charge < -0.3 is 5.32 Å². The first kappa shape index (κ1) is 16.1. The van der Waals surface area contributed by atoms with Crippen LogP contribution in [0.25, 0.3) is 5.69 Å². The molecule has 0 spiro atoms. The highest BCUT2D eigenvalue weighted by Crippen LogP contribution is 2.48. The lowest BCUT2D eigenvalue weighted by Crippen LogP contribution is -2.33. The number of anilines is 1. The van der Waals surface area contributed by atoms with Crippen molar-refractivity contribution in [1.29, 1.82) is 0 Å². The van der Waals surface area contributed by atoms with Crippen molar-refractivity contribution in [2.24, 2.45) is 5.41 Å². The molecule has 0 radical (unpaired) electrons. The standard InChI is InChI=1S/C21H25N3O/c1-5-15-18-13(2)23-24(14-9-7-6-8-10-14)20(18)22-16-11-21(3,4)12-17(25)19(15)16/h6-10,15,22H,5,11-12H2,1-4H3. The van der Waals surface area contributed by atoms with E-state index in [1.54, 1.807) is 0 Å². The van der Waals surface area contributed by atoms with E-state index >= 15 is 0 Å². The molecule has 0 fully saturated rings. The van der Waals surface area contributed by atoms with Crippen LogP contribution in [0.4, 0.5) is 5.82 Å². The Balaban J connectivity index is 1.89. The van der Waals surface area contributed by atoms with Crippen LogP contribution in [0, 0.1) is 12.3 Å². The Bertz CT molecular complexity index is 874. The summed E-state index contributed by atoms with van der Waals surface area (Å²) in [6.07, 6.45) is 2.45. The number of allylic oxidation sites excluding steroid dienone is 2. The van der Waals surface area contributed by atoms with Crippen molar-refractivity contribution in [3.63, 3.8) is 0 Å². The maximum Gasteiger partial charge on any atom is 0.161 e. The first-order valence-corrected chi connectivity index (χ1v) is 9.09. The average Bonchev–Trinajstić information content (AvgIpc) is 2.89. The lowest BCUT2D eigenvalue weighted by atomic mass is 9.70. The van der Waals surface area contributed by atoms with E-state index in [9.17, 15) is 4.79 Å². The number of benzene rings is 1. The average molecular weight is 335 g/mol. The van der Waals surface area contributed by atoms with Gasteiger partial charge in [0.2, 0.25) is 0 Å². The van der Waals surface area contributed by atoms with Crippen molar-refractivity contribution < 1.29 is 4.79 Å². The van der Waals surface area contributed by atoms with Crippen LogP contribution >= 0.6 is 0 Å². The zero-order valence-electron chi connectivity index (χ0n) is 15.4. The summed E-state index contributed by atoms with van der Waals surface area (Å²) in [7, 11) is 0. The Hall–Kier alpha value is -2.36. The molecule has 1 aliphatic heterocycles. The van der Waals surface area contributed by atoms with Crippen LogP contribution in [-0.4, -0.2) is 15.6 Å². The number of nitrogens with one attached hydrogen (secondary N) is 1. The van der Waals surface area contributed by atoms with Gasteiger partial charge in [-0.2, -0.15) is 5.10 Å². The minimum absolute atomic E-state index is 0.00531. The first-order valence-electron chi connectivity index (χ1n) is 9.09. The number of aromatic nitrogens is 2. The number of ketones is 1. The number of Topliss-reactive ketones (excluding diaryl/α,β-unsaturated/α-hetero) is 1. The topological polar surface area (TPSA) is 46.9 Å². The van der Waals surface area contributed by atoms with E-state index in [1.165, 1.54) is 5.56 Å². The molecule has 25 heavy (non-hydrogen) atoms. The molecule has 130 valence electrons. The smallest absolute Gasteiger partial charge is 0.161 e. The lowest BCUT2D eigenvalue weighted by Gasteiger charge is -2.38. The normalized spacial score (nSPS) is 21.6. The molecule has 2 heterocycles. The van der Waals surface area contributed by atoms with Crippen LogP contribution in [-0.2, 0) is 4.79 Å². The molecule has 4 nitrogen and oxygen atoms in total. The second-order valence-electron chi connectivity index (χ2n) is 8.01. The second-order valence-corrected chi connectivity index (χ2v) is 8.01. The quantitative estimate of drug-likeness (QED) is 0.862. The van der Waals surface area contributed by atoms with Crippen molar-refractivity contribution in [3.05, 3.63) is 52.9 Å². The summed E-state index contributed by atoms with van der Waals surface area (Å²) >= 11 is 0. The van der Waals surface area contributed by atoms with E-state index < -0.39 is 0 Å². The van der Waals surface area contributed by atoms with Gasteiger partial charge in [0, 0.05) is 29.2 Å². The molecule has 0 saturated carbocycles. The number of hydrogen-bond acceptors (Lipinski definition) is 3. The Morgan fingerprint density at radius 3 is 2.64 bits per heavy atom. The summed E-state index contributed by atoms with van der Waals surface area (Å²) in [5.74, 6) is 1.47. The largest absolute Gasteiger partial charge is 0.343 e. The van der Waals surface area contributed by atoms with Crippen molar-refractivity contribution in [2.45, 2.75) is 52.9 Å². The van der Waals surface area contributed by atoms with Gasteiger partial charge in [-0.1, -0.05) is 39.0 Å². The van der Waals surface area contributed by atoms with Gasteiger partial charge in [-0.25, -0.2) is 4.68 Å². The molecule has 1 aromatic heterocycles. The maximum atomic E-state index is 12.9. The molecule has 2 aromatic rings. The monoisotopic (exact) mass is 335 g/mol. The SMILES string of the molecule is CCC1C2=C(CC(C)(C)CC2=O)Nc2c1c(C)nn2-c1ccccc1. The molecule has 0 amide bonds. The van der Waals surface area contributed by atoms with E-state index in [4.69, 9.17) is 5.10 Å². The van der Waals surface area contributed by atoms with E-state index in [1.807, 2.05) is 29.8 Å². The minimum Gasteiger partial charge on any atom is -0.343 e. The van der Waals surface area contributed by atoms with Gasteiger partial charge in [0.25, 0.3) is 0 Å². The number of nitrogens with zero attached hydrogens (tertiary/aromatic N) is 2. The van der Waals surface area contributed by atoms with Gasteiger partial charge in [0.15, 0.2) is 5.78 Å². The van der Waals surface area contributed by atoms with E-state index in [-0.39, 0.29) is 11.3 Å². The zero-order valence-corrected chi connectivity index (χ0v) is 15.4. The molecule has 4 heteroatoms. The summed E-state index contributed by atoms with van der Waals surface area (Å²) in [6.45, 7) is 8.56. The number of carbonyl (C=O) groups is 1. The molecule has 4 rings (SSSR count). The third kappa shape index (κ3) is 2.51. The fraction of sp³-hybridized carbons (Fsp3) is 0.429. The fourth-order valence-corrected chi connectivity index (χ4v) is 4.38. The summed E-state index contributed by atoms with van der Waals surface area (Å²) in [5.41, 5.74) is 5.31. The predicted octanol–water partition coefficient (Wildman–Crippen LogP) is 4.74. The zero-order chi connectivity index (χ0) is 17.8. The van der Waals surface area contributed by atoms with Crippen LogP contribution in [0.1, 0.15) is 57.2 Å². The lowest BCUT2D eigenvalue weighted by molar-refractivity contribution is -0.118. The first-order chi connectivity index (χ1) is 11.9. The third-order valence-electron chi connectivity index (χ3n) is 5.40. The Labute approximate surface area is 148 Å². The minimum atomic E-state index is 0.00531. The summed E-state index contributed by atoms with van der Waals surface area (Å²) in [4.78, 5) is 12.9. The second kappa shape index (κ2) is 5.58. The van der Waals surface area contributed by atoms with Crippen molar-refractivity contribution in [2.75, 3.05) is 5.32 Å². The third-order valence-corrected chi connectivity index (χ3v) is 5.40. The molecule has 1 aliphatic carbocycles. The van der Waals surface area contributed by atoms with Crippen LogP contribution in [0.3, 0.4) is 0 Å². The summed E-state index contributed by atoms with van der Waals surface area (Å²) < 4.78 is 1.99. The van der Waals surface area contributed by atoms with Gasteiger partial charge in [0.1, 0.15) is 5.82 Å². The van der Waals surface area contributed by atoms with Gasteiger partial charge in [-0.15, -0.1) is 0 Å². The molecule has 0 bridgehead atoms. The number of para-hydroxylation sites is 1. The van der Waals surface area contributed by atoms with Crippen LogP contribution in [0.2, 0.25) is 0 Å². The molecular weight excluding hydrogens is 310 g/mol. The predicted molar refractivity (Wildman–Crippen MR) is 100 cm³/mol.